The number of fused-ring (bicyclic) bond motifs is 10. The summed E-state index contributed by atoms with van der Waals surface area (Å²) in [5.41, 5.74) is 11.2. The van der Waals surface area contributed by atoms with Gasteiger partial charge in [-0.15, -0.1) is 0 Å². The Morgan fingerprint density at radius 3 is 1.82 bits per heavy atom. The fraction of sp³-hybridized carbons (Fsp3) is 0. The van der Waals surface area contributed by atoms with Gasteiger partial charge < -0.3 is 13.7 Å². The van der Waals surface area contributed by atoms with Gasteiger partial charge in [0.2, 0.25) is 0 Å². The highest BCUT2D eigenvalue weighted by Gasteiger charge is 2.25. The van der Waals surface area contributed by atoms with Gasteiger partial charge >= 0.3 is 0 Å². The predicted octanol–water partition coefficient (Wildman–Crippen LogP) is 15.7. The van der Waals surface area contributed by atoms with Gasteiger partial charge in [-0.2, -0.15) is 0 Å². The lowest BCUT2D eigenvalue weighted by molar-refractivity contribution is 0.670. The van der Waals surface area contributed by atoms with Gasteiger partial charge in [-0.25, -0.2) is 0 Å². The first-order valence-corrected chi connectivity index (χ1v) is 19.4. The summed E-state index contributed by atoms with van der Waals surface area (Å²) in [6.07, 6.45) is 0. The van der Waals surface area contributed by atoms with E-state index in [0.29, 0.717) is 0 Å². The lowest BCUT2D eigenvalue weighted by Crippen LogP contribution is -2.11. The summed E-state index contributed by atoms with van der Waals surface area (Å²) in [4.78, 5) is 2.41. The highest BCUT2D eigenvalue weighted by Crippen LogP contribution is 2.49. The van der Waals surface area contributed by atoms with Crippen LogP contribution in [0.3, 0.4) is 0 Å². The van der Waals surface area contributed by atoms with E-state index in [0.717, 1.165) is 94.0 Å². The Labute approximate surface area is 328 Å². The molecule has 3 nitrogen and oxygen atoms in total. The van der Waals surface area contributed by atoms with E-state index in [1.807, 2.05) is 6.07 Å². The number of rotatable bonds is 5. The van der Waals surface area contributed by atoms with E-state index in [4.69, 9.17) is 8.83 Å². The molecule has 12 rings (SSSR count). The number of benzene rings is 10. The van der Waals surface area contributed by atoms with Crippen molar-refractivity contribution in [3.05, 3.63) is 200 Å². The number of para-hydroxylation sites is 1. The maximum absolute atomic E-state index is 6.94. The zero-order valence-electron chi connectivity index (χ0n) is 30.8. The first-order valence-electron chi connectivity index (χ1n) is 19.4. The third-order valence-corrected chi connectivity index (χ3v) is 11.6. The minimum atomic E-state index is 0.837. The fourth-order valence-electron chi connectivity index (χ4n) is 9.06. The molecule has 0 aliphatic rings. The van der Waals surface area contributed by atoms with Crippen LogP contribution in [0.1, 0.15) is 0 Å². The second-order valence-corrected chi connectivity index (χ2v) is 14.8. The van der Waals surface area contributed by atoms with Crippen molar-refractivity contribution in [1.82, 2.24) is 0 Å². The molecule has 266 valence electrons. The molecular formula is C54H33NO2. The molecule has 0 saturated heterocycles. The van der Waals surface area contributed by atoms with Crippen molar-refractivity contribution in [2.45, 2.75) is 0 Å². The molecule has 0 N–H and O–H groups in total. The van der Waals surface area contributed by atoms with Crippen LogP contribution >= 0.6 is 0 Å². The van der Waals surface area contributed by atoms with Gasteiger partial charge in [-0.1, -0.05) is 152 Å². The van der Waals surface area contributed by atoms with Crippen molar-refractivity contribution < 1.29 is 8.83 Å². The van der Waals surface area contributed by atoms with Crippen molar-refractivity contribution in [3.8, 4) is 22.3 Å². The van der Waals surface area contributed by atoms with Crippen molar-refractivity contribution in [2.75, 3.05) is 4.90 Å². The Hall–Kier alpha value is -7.62. The maximum Gasteiger partial charge on any atom is 0.143 e. The van der Waals surface area contributed by atoms with Crippen molar-refractivity contribution in [2.24, 2.45) is 0 Å². The quantitative estimate of drug-likeness (QED) is 0.177. The minimum Gasteiger partial charge on any atom is -0.455 e. The van der Waals surface area contributed by atoms with Crippen LogP contribution in [0.5, 0.6) is 0 Å². The minimum absolute atomic E-state index is 0.837. The third kappa shape index (κ3) is 4.86. The predicted molar refractivity (Wildman–Crippen MR) is 239 cm³/mol. The second kappa shape index (κ2) is 12.5. The summed E-state index contributed by atoms with van der Waals surface area (Å²) < 4.78 is 13.8. The molecule has 0 bridgehead atoms. The zero-order chi connectivity index (χ0) is 37.5. The first-order chi connectivity index (χ1) is 28.3. The smallest absolute Gasteiger partial charge is 0.143 e. The number of anilines is 3. The first kappa shape index (κ1) is 31.7. The molecule has 3 heteroatoms. The number of hydrogen-bond acceptors (Lipinski definition) is 3. The third-order valence-electron chi connectivity index (χ3n) is 11.6. The van der Waals surface area contributed by atoms with Gasteiger partial charge in [-0.3, -0.25) is 0 Å². The summed E-state index contributed by atoms with van der Waals surface area (Å²) in [6, 6.07) is 71.4. The highest BCUT2D eigenvalue weighted by molar-refractivity contribution is 6.25. The van der Waals surface area contributed by atoms with Gasteiger partial charge in [0, 0.05) is 38.2 Å². The number of furan rings is 2. The lowest BCUT2D eigenvalue weighted by Gasteiger charge is -2.28. The van der Waals surface area contributed by atoms with Gasteiger partial charge in [0.15, 0.2) is 0 Å². The molecule has 0 aliphatic carbocycles. The van der Waals surface area contributed by atoms with Gasteiger partial charge in [-0.05, 0) is 86.8 Å². The van der Waals surface area contributed by atoms with Gasteiger partial charge in [0.05, 0.1) is 16.8 Å². The topological polar surface area (TPSA) is 29.5 Å². The molecule has 10 aromatic carbocycles. The van der Waals surface area contributed by atoms with Crippen LogP contribution in [-0.2, 0) is 0 Å². The molecule has 0 spiro atoms. The maximum atomic E-state index is 6.94. The molecule has 0 atom stereocenters. The van der Waals surface area contributed by atoms with Crippen molar-refractivity contribution >= 4 is 93.3 Å². The lowest BCUT2D eigenvalue weighted by atomic mass is 9.91. The van der Waals surface area contributed by atoms with E-state index in [2.05, 4.69) is 199 Å². The highest BCUT2D eigenvalue weighted by atomic mass is 16.3. The van der Waals surface area contributed by atoms with Crippen LogP contribution in [0.2, 0.25) is 0 Å². The molecule has 0 unspecified atom stereocenters. The Bertz CT molecular complexity index is 3530. The molecule has 0 saturated carbocycles. The van der Waals surface area contributed by atoms with E-state index < -0.39 is 0 Å². The largest absolute Gasteiger partial charge is 0.455 e. The summed E-state index contributed by atoms with van der Waals surface area (Å²) in [5, 5.41) is 11.3. The van der Waals surface area contributed by atoms with E-state index in [9.17, 15) is 0 Å². The molecule has 0 amide bonds. The average Bonchev–Trinajstić information content (AvgIpc) is 3.86. The summed E-state index contributed by atoms with van der Waals surface area (Å²) in [5.74, 6) is 0. The monoisotopic (exact) mass is 727 g/mol. The number of nitrogens with zero attached hydrogens (tertiary/aromatic N) is 1. The fourth-order valence-corrected chi connectivity index (χ4v) is 9.06. The van der Waals surface area contributed by atoms with Crippen LogP contribution < -0.4 is 4.90 Å². The Balaban J connectivity index is 1.18. The van der Waals surface area contributed by atoms with Crippen LogP contribution in [0.25, 0.3) is 98.4 Å². The number of hydrogen-bond donors (Lipinski definition) is 0. The van der Waals surface area contributed by atoms with Crippen LogP contribution in [0.15, 0.2) is 209 Å². The summed E-state index contributed by atoms with van der Waals surface area (Å²) in [6.45, 7) is 0. The molecule has 0 fully saturated rings. The van der Waals surface area contributed by atoms with E-state index in [-0.39, 0.29) is 0 Å². The molecular weight excluding hydrogens is 695 g/mol. The van der Waals surface area contributed by atoms with E-state index in [1.165, 1.54) is 21.5 Å². The Morgan fingerprint density at radius 1 is 0.316 bits per heavy atom. The summed E-state index contributed by atoms with van der Waals surface area (Å²) in [7, 11) is 0. The Kier molecular flexibility index (Phi) is 6.93. The normalized spacial score (nSPS) is 11.9. The molecule has 12 aromatic rings. The van der Waals surface area contributed by atoms with Crippen LogP contribution in [-0.4, -0.2) is 0 Å². The zero-order valence-corrected chi connectivity index (χ0v) is 30.8. The molecule has 2 aromatic heterocycles. The van der Waals surface area contributed by atoms with Crippen LogP contribution in [0, 0.1) is 0 Å². The summed E-state index contributed by atoms with van der Waals surface area (Å²) >= 11 is 0. The Morgan fingerprint density at radius 2 is 0.947 bits per heavy atom. The average molecular weight is 728 g/mol. The van der Waals surface area contributed by atoms with Crippen LogP contribution in [0.4, 0.5) is 17.1 Å². The second-order valence-electron chi connectivity index (χ2n) is 14.8. The van der Waals surface area contributed by atoms with Gasteiger partial charge in [0.25, 0.3) is 0 Å². The molecule has 0 aliphatic heterocycles. The van der Waals surface area contributed by atoms with Crippen molar-refractivity contribution in [1.29, 1.82) is 0 Å². The standard InChI is InChI=1S/C54H33NO2/c1-2-15-36(16-3-1)40-30-31-43(54-51(40)44-23-10-11-26-49(44)56-54)45-33-46-52-48(25-13-27-50(52)57-53(46)42-22-9-8-21-41(42)45)55(38-29-28-34-14-4-5-18-37(34)32-38)47-24-12-19-35-17-6-7-20-39(35)47/h1-33H. The molecule has 2 heterocycles. The van der Waals surface area contributed by atoms with E-state index in [1.54, 1.807) is 0 Å². The van der Waals surface area contributed by atoms with Gasteiger partial charge in [0.1, 0.15) is 22.3 Å². The SMILES string of the molecule is c1ccc(-c2ccc(-c3cc4c(oc5cccc(N(c6ccc7ccccc7c6)c6cccc7ccccc67)c54)c4ccccc34)c3oc4ccccc4c23)cc1. The van der Waals surface area contributed by atoms with Crippen molar-refractivity contribution in [3.63, 3.8) is 0 Å². The molecule has 0 radical (unpaired) electrons. The van der Waals surface area contributed by atoms with E-state index >= 15 is 0 Å². The molecule has 57 heavy (non-hydrogen) atoms.